The standard InChI is InChI=1S/C30H40N6O2/c1-30(2,3)23-12-14-25(15-13-23)36(29(38)26-20-34(4)17-18-35(26)21-31)27(22-9-8-16-32-19-22)28(37)33-24-10-6-5-7-11-24/h8-9,12-16,19,24,26-27H,5-7,10-11,17-18,20H2,1-4H3,(H,33,37)/t26-,27-/m1/s1. The minimum absolute atomic E-state index is 0.0574. The van der Waals surface area contributed by atoms with Crippen LogP contribution in [0.4, 0.5) is 5.69 Å². The minimum Gasteiger partial charge on any atom is -0.351 e. The van der Waals surface area contributed by atoms with Gasteiger partial charge in [0.15, 0.2) is 6.19 Å². The van der Waals surface area contributed by atoms with E-state index >= 15 is 0 Å². The Hall–Kier alpha value is -3.44. The highest BCUT2D eigenvalue weighted by Crippen LogP contribution is 2.32. The Morgan fingerprint density at radius 2 is 1.82 bits per heavy atom. The predicted octanol–water partition coefficient (Wildman–Crippen LogP) is 4.00. The second-order valence-electron chi connectivity index (χ2n) is 11.6. The molecule has 2 heterocycles. The highest BCUT2D eigenvalue weighted by molar-refractivity contribution is 6.04. The number of benzene rings is 1. The number of anilines is 1. The first-order valence-corrected chi connectivity index (χ1v) is 13.7. The van der Waals surface area contributed by atoms with Crippen LogP contribution in [0.25, 0.3) is 0 Å². The number of aromatic nitrogens is 1. The molecule has 2 atom stereocenters. The van der Waals surface area contributed by atoms with E-state index in [9.17, 15) is 14.9 Å². The molecule has 2 aliphatic rings. The molecule has 1 saturated heterocycles. The number of hydrogen-bond acceptors (Lipinski definition) is 6. The van der Waals surface area contributed by atoms with Crippen molar-refractivity contribution in [2.24, 2.45) is 0 Å². The monoisotopic (exact) mass is 516 g/mol. The van der Waals surface area contributed by atoms with Crippen LogP contribution in [0.3, 0.4) is 0 Å². The van der Waals surface area contributed by atoms with Crippen molar-refractivity contribution in [2.75, 3.05) is 31.6 Å². The average Bonchev–Trinajstić information content (AvgIpc) is 2.92. The summed E-state index contributed by atoms with van der Waals surface area (Å²) in [4.78, 5) is 37.9. The molecule has 1 aliphatic heterocycles. The van der Waals surface area contributed by atoms with Crippen molar-refractivity contribution in [3.63, 3.8) is 0 Å². The number of carbonyl (C=O) groups excluding carboxylic acids is 2. The average molecular weight is 517 g/mol. The summed E-state index contributed by atoms with van der Waals surface area (Å²) in [5.74, 6) is -0.486. The third-order valence-corrected chi connectivity index (χ3v) is 7.70. The number of nitrogens with zero attached hydrogens (tertiary/aromatic N) is 5. The van der Waals surface area contributed by atoms with Gasteiger partial charge in [-0.3, -0.25) is 24.4 Å². The summed E-state index contributed by atoms with van der Waals surface area (Å²) in [5, 5.41) is 13.1. The molecule has 2 aromatic rings. The Balaban J connectivity index is 1.79. The van der Waals surface area contributed by atoms with Crippen molar-refractivity contribution < 1.29 is 9.59 Å². The van der Waals surface area contributed by atoms with Crippen LogP contribution in [0.1, 0.15) is 70.0 Å². The lowest BCUT2D eigenvalue weighted by molar-refractivity contribution is -0.130. The van der Waals surface area contributed by atoms with Gasteiger partial charge in [0.25, 0.3) is 5.91 Å². The number of likely N-dealkylation sites (N-methyl/N-ethyl adjacent to an activating group) is 1. The summed E-state index contributed by atoms with van der Waals surface area (Å²) >= 11 is 0. The summed E-state index contributed by atoms with van der Waals surface area (Å²) < 4.78 is 0. The smallest absolute Gasteiger partial charge is 0.252 e. The van der Waals surface area contributed by atoms with Gasteiger partial charge in [-0.25, -0.2) is 0 Å². The Bertz CT molecular complexity index is 1130. The van der Waals surface area contributed by atoms with E-state index in [0.29, 0.717) is 30.9 Å². The van der Waals surface area contributed by atoms with Crippen molar-refractivity contribution in [3.05, 3.63) is 59.9 Å². The number of nitrogens with one attached hydrogen (secondary N) is 1. The topological polar surface area (TPSA) is 92.6 Å². The maximum absolute atomic E-state index is 14.4. The van der Waals surface area contributed by atoms with Crippen molar-refractivity contribution in [1.82, 2.24) is 20.1 Å². The van der Waals surface area contributed by atoms with Crippen molar-refractivity contribution >= 4 is 17.5 Å². The Morgan fingerprint density at radius 1 is 1.11 bits per heavy atom. The molecule has 38 heavy (non-hydrogen) atoms. The molecule has 4 rings (SSSR count). The zero-order valence-electron chi connectivity index (χ0n) is 23.1. The van der Waals surface area contributed by atoms with Crippen LogP contribution in [0.2, 0.25) is 0 Å². The molecule has 0 unspecified atom stereocenters. The van der Waals surface area contributed by atoms with Gasteiger partial charge in [0.05, 0.1) is 0 Å². The maximum Gasteiger partial charge on any atom is 0.252 e. The van der Waals surface area contributed by atoms with Crippen LogP contribution in [0.5, 0.6) is 0 Å². The normalized spacial score (nSPS) is 19.9. The van der Waals surface area contributed by atoms with E-state index in [4.69, 9.17) is 0 Å². The summed E-state index contributed by atoms with van der Waals surface area (Å²) in [6, 6.07) is 9.99. The molecule has 1 aliphatic carbocycles. The second-order valence-corrected chi connectivity index (χ2v) is 11.6. The van der Waals surface area contributed by atoms with Gasteiger partial charge >= 0.3 is 0 Å². The summed E-state index contributed by atoms with van der Waals surface area (Å²) in [7, 11) is 1.95. The Morgan fingerprint density at radius 3 is 2.42 bits per heavy atom. The summed E-state index contributed by atoms with van der Waals surface area (Å²) in [5.41, 5.74) is 2.34. The zero-order valence-corrected chi connectivity index (χ0v) is 23.1. The molecule has 1 saturated carbocycles. The lowest BCUT2D eigenvalue weighted by Gasteiger charge is -2.40. The molecular weight excluding hydrogens is 476 g/mol. The molecule has 2 amide bonds. The lowest BCUT2D eigenvalue weighted by Crippen LogP contribution is -2.59. The van der Waals surface area contributed by atoms with Gasteiger partial charge < -0.3 is 10.2 Å². The van der Waals surface area contributed by atoms with Gasteiger partial charge in [-0.2, -0.15) is 5.26 Å². The lowest BCUT2D eigenvalue weighted by atomic mass is 9.87. The second kappa shape index (κ2) is 12.0. The highest BCUT2D eigenvalue weighted by atomic mass is 16.2. The van der Waals surface area contributed by atoms with Crippen molar-refractivity contribution in [3.8, 4) is 6.19 Å². The zero-order chi connectivity index (χ0) is 27.3. The number of pyridine rings is 1. The minimum atomic E-state index is -0.911. The van der Waals surface area contributed by atoms with Gasteiger partial charge in [-0.05, 0) is 49.1 Å². The number of nitriles is 1. The van der Waals surface area contributed by atoms with Gasteiger partial charge in [-0.1, -0.05) is 58.2 Å². The molecule has 0 radical (unpaired) electrons. The third kappa shape index (κ3) is 6.33. The van der Waals surface area contributed by atoms with Crippen molar-refractivity contribution in [1.29, 1.82) is 5.26 Å². The number of amides is 2. The van der Waals surface area contributed by atoms with E-state index in [1.54, 1.807) is 23.4 Å². The van der Waals surface area contributed by atoms with Crippen LogP contribution >= 0.6 is 0 Å². The molecule has 1 aromatic carbocycles. The first-order valence-electron chi connectivity index (χ1n) is 13.7. The molecule has 1 aromatic heterocycles. The molecule has 8 heteroatoms. The third-order valence-electron chi connectivity index (χ3n) is 7.70. The van der Waals surface area contributed by atoms with Crippen LogP contribution in [0, 0.1) is 11.5 Å². The Labute approximate surface area is 226 Å². The summed E-state index contributed by atoms with van der Waals surface area (Å²) in [6.07, 6.45) is 10.8. The molecule has 2 fully saturated rings. The molecular formula is C30H40N6O2. The first kappa shape index (κ1) is 27.6. The van der Waals surface area contributed by atoms with E-state index in [0.717, 1.165) is 31.2 Å². The number of carbonyl (C=O) groups is 2. The number of rotatable bonds is 6. The molecule has 1 N–H and O–H groups in total. The SMILES string of the molecule is CN1CCN(C#N)[C@@H](C(=O)N(c2ccc(C(C)(C)C)cc2)[C@@H](C(=O)NC2CCCCC2)c2cccnc2)C1. The fourth-order valence-corrected chi connectivity index (χ4v) is 5.42. The maximum atomic E-state index is 14.4. The summed E-state index contributed by atoms with van der Waals surface area (Å²) in [6.45, 7) is 8.00. The van der Waals surface area contributed by atoms with Crippen molar-refractivity contribution in [2.45, 2.75) is 76.4 Å². The number of piperazine rings is 1. The van der Waals surface area contributed by atoms with E-state index in [2.05, 4.69) is 42.2 Å². The van der Waals surface area contributed by atoms with Crippen LogP contribution in [0.15, 0.2) is 48.8 Å². The fraction of sp³-hybridized carbons (Fsp3) is 0.533. The van der Waals surface area contributed by atoms with Crippen LogP contribution in [-0.4, -0.2) is 65.4 Å². The van der Waals surface area contributed by atoms with Gasteiger partial charge in [-0.15, -0.1) is 0 Å². The van der Waals surface area contributed by atoms with Crippen LogP contribution in [-0.2, 0) is 15.0 Å². The van der Waals surface area contributed by atoms with E-state index in [-0.39, 0.29) is 23.3 Å². The van der Waals surface area contributed by atoms with Gasteiger partial charge in [0, 0.05) is 49.3 Å². The Kier molecular flexibility index (Phi) is 8.68. The van der Waals surface area contributed by atoms with Gasteiger partial charge in [0.1, 0.15) is 12.1 Å². The fourth-order valence-electron chi connectivity index (χ4n) is 5.42. The number of hydrogen-bond donors (Lipinski definition) is 1. The highest BCUT2D eigenvalue weighted by Gasteiger charge is 2.41. The molecule has 8 nitrogen and oxygen atoms in total. The van der Waals surface area contributed by atoms with E-state index in [1.165, 1.54) is 11.3 Å². The quantitative estimate of drug-likeness (QED) is 0.584. The molecule has 202 valence electrons. The predicted molar refractivity (Wildman–Crippen MR) is 148 cm³/mol. The molecule has 0 spiro atoms. The van der Waals surface area contributed by atoms with E-state index in [1.807, 2.05) is 37.4 Å². The van der Waals surface area contributed by atoms with E-state index < -0.39 is 12.1 Å². The van der Waals surface area contributed by atoms with Crippen LogP contribution < -0.4 is 10.2 Å². The first-order chi connectivity index (χ1) is 18.2. The molecule has 0 bridgehead atoms. The largest absolute Gasteiger partial charge is 0.351 e. The van der Waals surface area contributed by atoms with Gasteiger partial charge in [0.2, 0.25) is 5.91 Å².